The van der Waals surface area contributed by atoms with E-state index in [1.165, 1.54) is 12.1 Å². The zero-order valence-electron chi connectivity index (χ0n) is 11.1. The van der Waals surface area contributed by atoms with Gasteiger partial charge in [0.05, 0.1) is 11.0 Å². The molecule has 1 saturated heterocycles. The Morgan fingerprint density at radius 2 is 2.40 bits per heavy atom. The van der Waals surface area contributed by atoms with Crippen LogP contribution in [0.2, 0.25) is 0 Å². The van der Waals surface area contributed by atoms with Crippen molar-refractivity contribution in [3.05, 3.63) is 28.3 Å². The fraction of sp³-hybridized carbons (Fsp3) is 0.462. The van der Waals surface area contributed by atoms with Crippen LogP contribution in [0.4, 0.5) is 11.7 Å². The highest BCUT2D eigenvalue weighted by Gasteiger charge is 2.20. The van der Waals surface area contributed by atoms with Crippen LogP contribution >= 0.6 is 0 Å². The molecule has 2 atom stereocenters. The van der Waals surface area contributed by atoms with E-state index in [9.17, 15) is 10.1 Å². The Balaban J connectivity index is 1.80. The predicted molar refractivity (Wildman–Crippen MR) is 74.8 cm³/mol. The molecule has 106 valence electrons. The van der Waals surface area contributed by atoms with Gasteiger partial charge < -0.3 is 15.1 Å². The second kappa shape index (κ2) is 5.09. The molecule has 0 spiro atoms. The first-order valence-corrected chi connectivity index (χ1v) is 6.67. The molecular weight excluding hydrogens is 260 g/mol. The minimum atomic E-state index is -0.441. The van der Waals surface area contributed by atoms with Gasteiger partial charge in [0.2, 0.25) is 0 Å². The summed E-state index contributed by atoms with van der Waals surface area (Å²) < 4.78 is 5.55. The standard InChI is InChI=1S/C13H16N4O3/c1-8-6-9(4-5-14-8)15-13-16-11-3-2-10(17(18)19)7-12(11)20-13/h2-3,7-9,14H,4-6H2,1H3,(H,15,16). The Morgan fingerprint density at radius 3 is 3.15 bits per heavy atom. The predicted octanol–water partition coefficient (Wildman–Crippen LogP) is 2.29. The number of hydrogen-bond acceptors (Lipinski definition) is 6. The molecule has 1 aliphatic heterocycles. The van der Waals surface area contributed by atoms with Crippen molar-refractivity contribution in [1.82, 2.24) is 10.3 Å². The molecule has 1 aliphatic rings. The van der Waals surface area contributed by atoms with Crippen molar-refractivity contribution in [2.45, 2.75) is 31.8 Å². The first kappa shape index (κ1) is 12.9. The lowest BCUT2D eigenvalue weighted by molar-refractivity contribution is -0.384. The molecule has 0 saturated carbocycles. The van der Waals surface area contributed by atoms with Gasteiger partial charge in [0.25, 0.3) is 11.7 Å². The minimum Gasteiger partial charge on any atom is -0.423 e. The van der Waals surface area contributed by atoms with Crippen molar-refractivity contribution in [2.24, 2.45) is 0 Å². The summed E-state index contributed by atoms with van der Waals surface area (Å²) in [5.41, 5.74) is 1.07. The van der Waals surface area contributed by atoms with Crippen molar-refractivity contribution in [1.29, 1.82) is 0 Å². The molecule has 0 bridgehead atoms. The van der Waals surface area contributed by atoms with E-state index in [1.807, 2.05) is 0 Å². The van der Waals surface area contributed by atoms with E-state index >= 15 is 0 Å². The van der Waals surface area contributed by atoms with Crippen molar-refractivity contribution < 1.29 is 9.34 Å². The normalized spacial score (nSPS) is 22.9. The van der Waals surface area contributed by atoms with E-state index < -0.39 is 4.92 Å². The van der Waals surface area contributed by atoms with Crippen LogP contribution in [0.15, 0.2) is 22.6 Å². The quantitative estimate of drug-likeness (QED) is 0.660. The third-order valence-electron chi connectivity index (χ3n) is 3.53. The number of non-ortho nitro benzene ring substituents is 1. The Kier molecular flexibility index (Phi) is 3.27. The number of nitrogens with zero attached hydrogens (tertiary/aromatic N) is 2. The SMILES string of the molecule is CC1CC(Nc2nc3ccc([N+](=O)[O-])cc3o2)CCN1. The zero-order valence-corrected chi connectivity index (χ0v) is 11.1. The molecule has 7 nitrogen and oxygen atoms in total. The third kappa shape index (κ3) is 2.57. The number of nitrogens with one attached hydrogen (secondary N) is 2. The highest BCUT2D eigenvalue weighted by atomic mass is 16.6. The molecule has 2 heterocycles. The molecule has 1 aromatic carbocycles. The molecule has 2 aromatic rings. The lowest BCUT2D eigenvalue weighted by Gasteiger charge is -2.27. The molecule has 7 heteroatoms. The molecule has 2 unspecified atom stereocenters. The van der Waals surface area contributed by atoms with E-state index in [0.29, 0.717) is 29.2 Å². The average Bonchev–Trinajstić information content (AvgIpc) is 2.79. The molecule has 0 aliphatic carbocycles. The highest BCUT2D eigenvalue weighted by Crippen LogP contribution is 2.25. The fourth-order valence-electron chi connectivity index (χ4n) is 2.53. The van der Waals surface area contributed by atoms with Gasteiger partial charge in [-0.2, -0.15) is 4.98 Å². The number of hydrogen-bond donors (Lipinski definition) is 2. The van der Waals surface area contributed by atoms with Gasteiger partial charge in [-0.15, -0.1) is 0 Å². The van der Waals surface area contributed by atoms with Gasteiger partial charge in [0.15, 0.2) is 5.58 Å². The Hall–Kier alpha value is -2.15. The van der Waals surface area contributed by atoms with Crippen molar-refractivity contribution in [2.75, 3.05) is 11.9 Å². The van der Waals surface area contributed by atoms with Crippen molar-refractivity contribution in [3.8, 4) is 0 Å². The first-order chi connectivity index (χ1) is 9.61. The van der Waals surface area contributed by atoms with Gasteiger partial charge >= 0.3 is 0 Å². The number of oxazole rings is 1. The van der Waals surface area contributed by atoms with E-state index in [4.69, 9.17) is 4.42 Å². The van der Waals surface area contributed by atoms with Crippen molar-refractivity contribution in [3.63, 3.8) is 0 Å². The van der Waals surface area contributed by atoms with E-state index in [1.54, 1.807) is 6.07 Å². The lowest BCUT2D eigenvalue weighted by Crippen LogP contribution is -2.41. The summed E-state index contributed by atoms with van der Waals surface area (Å²) in [6.45, 7) is 3.10. The van der Waals surface area contributed by atoms with Crippen molar-refractivity contribution >= 4 is 22.8 Å². The first-order valence-electron chi connectivity index (χ1n) is 6.67. The van der Waals surface area contributed by atoms with Crippen LogP contribution in [-0.2, 0) is 0 Å². The molecule has 2 N–H and O–H groups in total. The number of aromatic nitrogens is 1. The average molecular weight is 276 g/mol. The number of benzene rings is 1. The van der Waals surface area contributed by atoms with Crippen LogP contribution in [0.3, 0.4) is 0 Å². The second-order valence-corrected chi connectivity index (χ2v) is 5.15. The number of fused-ring (bicyclic) bond motifs is 1. The Morgan fingerprint density at radius 1 is 1.55 bits per heavy atom. The second-order valence-electron chi connectivity index (χ2n) is 5.15. The van der Waals surface area contributed by atoms with Gasteiger partial charge in [-0.3, -0.25) is 10.1 Å². The maximum absolute atomic E-state index is 10.7. The van der Waals surface area contributed by atoms with Crippen LogP contribution in [0.25, 0.3) is 11.1 Å². The van der Waals surface area contributed by atoms with Gasteiger partial charge in [-0.1, -0.05) is 0 Å². The summed E-state index contributed by atoms with van der Waals surface area (Å²) >= 11 is 0. The molecule has 0 radical (unpaired) electrons. The number of nitro benzene ring substituents is 1. The maximum atomic E-state index is 10.7. The van der Waals surface area contributed by atoms with Crippen LogP contribution in [0, 0.1) is 10.1 Å². The number of nitro groups is 1. The van der Waals surface area contributed by atoms with Crippen LogP contribution in [-0.4, -0.2) is 28.5 Å². The molecule has 1 aromatic heterocycles. The van der Waals surface area contributed by atoms with Gasteiger partial charge in [0.1, 0.15) is 5.52 Å². The summed E-state index contributed by atoms with van der Waals surface area (Å²) in [5.74, 6) is 0. The van der Waals surface area contributed by atoms with E-state index in [2.05, 4.69) is 22.5 Å². The zero-order chi connectivity index (χ0) is 14.1. The molecule has 0 amide bonds. The maximum Gasteiger partial charge on any atom is 0.295 e. The number of piperidine rings is 1. The Bertz CT molecular complexity index is 640. The summed E-state index contributed by atoms with van der Waals surface area (Å²) in [4.78, 5) is 14.6. The Labute approximate surface area is 115 Å². The van der Waals surface area contributed by atoms with E-state index in [-0.39, 0.29) is 5.69 Å². The summed E-state index contributed by atoms with van der Waals surface area (Å²) in [7, 11) is 0. The minimum absolute atomic E-state index is 0.00990. The van der Waals surface area contributed by atoms with Crippen LogP contribution in [0.1, 0.15) is 19.8 Å². The lowest BCUT2D eigenvalue weighted by atomic mass is 10.0. The summed E-state index contributed by atoms with van der Waals surface area (Å²) in [5, 5.41) is 17.4. The van der Waals surface area contributed by atoms with E-state index in [0.717, 1.165) is 19.4 Å². The highest BCUT2D eigenvalue weighted by molar-refractivity contribution is 5.77. The number of rotatable bonds is 3. The molecule has 1 fully saturated rings. The van der Waals surface area contributed by atoms with Gasteiger partial charge in [0, 0.05) is 18.2 Å². The van der Waals surface area contributed by atoms with Crippen LogP contribution < -0.4 is 10.6 Å². The van der Waals surface area contributed by atoms with Crippen LogP contribution in [0.5, 0.6) is 0 Å². The fourth-order valence-corrected chi connectivity index (χ4v) is 2.53. The molecule has 20 heavy (non-hydrogen) atoms. The summed E-state index contributed by atoms with van der Waals surface area (Å²) in [6.07, 6.45) is 2.00. The van der Waals surface area contributed by atoms with Gasteiger partial charge in [-0.25, -0.2) is 0 Å². The number of anilines is 1. The summed E-state index contributed by atoms with van der Waals surface area (Å²) in [6, 6.07) is 5.65. The smallest absolute Gasteiger partial charge is 0.295 e. The molecular formula is C13H16N4O3. The topological polar surface area (TPSA) is 93.2 Å². The molecule has 3 rings (SSSR count). The van der Waals surface area contributed by atoms with Gasteiger partial charge in [-0.05, 0) is 32.4 Å². The largest absolute Gasteiger partial charge is 0.423 e. The monoisotopic (exact) mass is 276 g/mol. The third-order valence-corrected chi connectivity index (χ3v) is 3.53.